The van der Waals surface area contributed by atoms with Crippen LogP contribution in [0.3, 0.4) is 0 Å². The minimum Gasteiger partial charge on any atom is -0.341 e. The van der Waals surface area contributed by atoms with E-state index in [1.54, 1.807) is 6.33 Å². The molecule has 0 aliphatic carbocycles. The highest BCUT2D eigenvalue weighted by Gasteiger charge is 2.41. The molecule has 1 aliphatic heterocycles. The van der Waals surface area contributed by atoms with Crippen molar-refractivity contribution in [3.63, 3.8) is 0 Å². The normalized spacial score (nSPS) is 20.0. The summed E-state index contributed by atoms with van der Waals surface area (Å²) in [6.45, 7) is 6.11. The maximum Gasteiger partial charge on any atom is 0.223 e. The van der Waals surface area contributed by atoms with Crippen molar-refractivity contribution in [3.05, 3.63) is 48.0 Å². The van der Waals surface area contributed by atoms with E-state index < -0.39 is 0 Å². The van der Waals surface area contributed by atoms with Gasteiger partial charge in [0.1, 0.15) is 12.2 Å². The summed E-state index contributed by atoms with van der Waals surface area (Å²) in [6, 6.07) is 10.5. The average Bonchev–Trinajstić information content (AvgIpc) is 3.08. The Morgan fingerprint density at radius 2 is 2.04 bits per heavy atom. The lowest BCUT2D eigenvalue weighted by molar-refractivity contribution is -0.130. The largest absolute Gasteiger partial charge is 0.341 e. The van der Waals surface area contributed by atoms with Gasteiger partial charge >= 0.3 is 0 Å². The van der Waals surface area contributed by atoms with E-state index in [0.29, 0.717) is 18.8 Å². The minimum atomic E-state index is 0.0990. The Labute approximate surface area is 137 Å². The number of amides is 1. The van der Waals surface area contributed by atoms with Gasteiger partial charge in [-0.05, 0) is 11.0 Å². The lowest BCUT2D eigenvalue weighted by atomic mass is 9.78. The highest BCUT2D eigenvalue weighted by Crippen LogP contribution is 2.42. The topological polar surface area (TPSA) is 51.0 Å². The molecule has 1 aromatic carbocycles. The van der Waals surface area contributed by atoms with Gasteiger partial charge < -0.3 is 9.47 Å². The molecule has 2 aromatic rings. The molecule has 23 heavy (non-hydrogen) atoms. The first-order chi connectivity index (χ1) is 11.0. The molecule has 1 amide bonds. The third-order valence-electron chi connectivity index (χ3n) is 4.87. The van der Waals surface area contributed by atoms with E-state index in [1.165, 1.54) is 5.56 Å². The SMILES string of the molecule is Cn1cnnc1CCC(=O)N1C[C@H](c2ccccc2)C(C)(C)C1. The molecule has 0 N–H and O–H groups in total. The Balaban J connectivity index is 1.65. The molecular formula is C18H24N4O. The van der Waals surface area contributed by atoms with Crippen molar-refractivity contribution in [2.75, 3.05) is 13.1 Å². The van der Waals surface area contributed by atoms with Gasteiger partial charge in [0.05, 0.1) is 0 Å². The van der Waals surface area contributed by atoms with Gasteiger partial charge in [-0.3, -0.25) is 4.79 Å². The molecule has 3 rings (SSSR count). The fourth-order valence-electron chi connectivity index (χ4n) is 3.48. The Kier molecular flexibility index (Phi) is 4.20. The molecule has 1 atom stereocenters. The van der Waals surface area contributed by atoms with Gasteiger partial charge in [-0.15, -0.1) is 10.2 Å². The van der Waals surface area contributed by atoms with Crippen LogP contribution in [-0.2, 0) is 18.3 Å². The molecule has 1 saturated heterocycles. The number of benzene rings is 1. The van der Waals surface area contributed by atoms with Crippen LogP contribution >= 0.6 is 0 Å². The smallest absolute Gasteiger partial charge is 0.223 e. The molecule has 2 heterocycles. The zero-order valence-electron chi connectivity index (χ0n) is 14.1. The Morgan fingerprint density at radius 3 is 2.70 bits per heavy atom. The standard InChI is InChI=1S/C18H24N4O/c1-18(2)12-22(11-15(18)14-7-5-4-6-8-14)17(23)10-9-16-20-19-13-21(16)3/h4-8,13,15H,9-12H2,1-3H3/t15-/m1/s1. The minimum absolute atomic E-state index is 0.0990. The summed E-state index contributed by atoms with van der Waals surface area (Å²) in [5.74, 6) is 1.46. The van der Waals surface area contributed by atoms with Crippen molar-refractivity contribution in [2.45, 2.75) is 32.6 Å². The Hall–Kier alpha value is -2.17. The number of aromatic nitrogens is 3. The number of carbonyl (C=O) groups excluding carboxylic acids is 1. The summed E-state index contributed by atoms with van der Waals surface area (Å²) < 4.78 is 1.87. The molecule has 0 unspecified atom stereocenters. The molecule has 1 aromatic heterocycles. The van der Waals surface area contributed by atoms with Crippen LogP contribution in [0.25, 0.3) is 0 Å². The lowest BCUT2D eigenvalue weighted by Gasteiger charge is -2.25. The fraction of sp³-hybridized carbons (Fsp3) is 0.500. The lowest BCUT2D eigenvalue weighted by Crippen LogP contribution is -2.30. The van der Waals surface area contributed by atoms with Gasteiger partial charge in [0.15, 0.2) is 0 Å². The fourth-order valence-corrected chi connectivity index (χ4v) is 3.48. The van der Waals surface area contributed by atoms with E-state index >= 15 is 0 Å². The number of hydrogen-bond acceptors (Lipinski definition) is 3. The molecule has 5 nitrogen and oxygen atoms in total. The monoisotopic (exact) mass is 312 g/mol. The Morgan fingerprint density at radius 1 is 1.30 bits per heavy atom. The molecule has 1 fully saturated rings. The summed E-state index contributed by atoms with van der Waals surface area (Å²) in [6.07, 6.45) is 2.80. The van der Waals surface area contributed by atoms with Crippen LogP contribution in [0.1, 0.15) is 37.6 Å². The highest BCUT2D eigenvalue weighted by molar-refractivity contribution is 5.77. The van der Waals surface area contributed by atoms with Gasteiger partial charge in [-0.2, -0.15) is 0 Å². The molecule has 0 saturated carbocycles. The molecule has 5 heteroatoms. The van der Waals surface area contributed by atoms with E-state index in [-0.39, 0.29) is 11.3 Å². The Bertz CT molecular complexity index is 677. The summed E-state index contributed by atoms with van der Waals surface area (Å²) >= 11 is 0. The summed E-state index contributed by atoms with van der Waals surface area (Å²) in [7, 11) is 1.91. The third-order valence-corrected chi connectivity index (χ3v) is 4.87. The average molecular weight is 312 g/mol. The van der Waals surface area contributed by atoms with Crippen molar-refractivity contribution in [1.82, 2.24) is 19.7 Å². The molecule has 0 bridgehead atoms. The molecule has 0 spiro atoms. The maximum atomic E-state index is 12.6. The van der Waals surface area contributed by atoms with Crippen LogP contribution in [0.5, 0.6) is 0 Å². The molecule has 122 valence electrons. The van der Waals surface area contributed by atoms with Crippen LogP contribution < -0.4 is 0 Å². The van der Waals surface area contributed by atoms with Crippen LogP contribution in [0, 0.1) is 5.41 Å². The van der Waals surface area contributed by atoms with E-state index in [9.17, 15) is 4.79 Å². The quantitative estimate of drug-likeness (QED) is 0.871. The summed E-state index contributed by atoms with van der Waals surface area (Å²) in [4.78, 5) is 14.6. The van der Waals surface area contributed by atoms with Crippen molar-refractivity contribution in [1.29, 1.82) is 0 Å². The maximum absolute atomic E-state index is 12.6. The predicted octanol–water partition coefficient (Wildman–Crippen LogP) is 2.40. The summed E-state index contributed by atoms with van der Waals surface area (Å²) in [5.41, 5.74) is 1.42. The van der Waals surface area contributed by atoms with Gasteiger partial charge in [0.25, 0.3) is 0 Å². The van der Waals surface area contributed by atoms with Gasteiger partial charge in [-0.25, -0.2) is 0 Å². The second-order valence-corrected chi connectivity index (χ2v) is 7.08. The van der Waals surface area contributed by atoms with Crippen LogP contribution in [0.4, 0.5) is 0 Å². The van der Waals surface area contributed by atoms with E-state index in [1.807, 2.05) is 22.6 Å². The van der Waals surface area contributed by atoms with Crippen molar-refractivity contribution in [2.24, 2.45) is 12.5 Å². The second-order valence-electron chi connectivity index (χ2n) is 7.08. The second kappa shape index (κ2) is 6.14. The highest BCUT2D eigenvalue weighted by atomic mass is 16.2. The zero-order valence-corrected chi connectivity index (χ0v) is 14.1. The van der Waals surface area contributed by atoms with E-state index in [2.05, 4.69) is 48.3 Å². The zero-order chi connectivity index (χ0) is 16.4. The van der Waals surface area contributed by atoms with Crippen LogP contribution in [0.15, 0.2) is 36.7 Å². The first kappa shape index (κ1) is 15.7. The molecular weight excluding hydrogens is 288 g/mol. The van der Waals surface area contributed by atoms with E-state index in [4.69, 9.17) is 0 Å². The number of rotatable bonds is 4. The number of nitrogens with zero attached hydrogens (tertiary/aromatic N) is 4. The first-order valence-corrected chi connectivity index (χ1v) is 8.13. The van der Waals surface area contributed by atoms with Gasteiger partial charge in [-0.1, -0.05) is 44.2 Å². The number of aryl methyl sites for hydroxylation is 2. The summed E-state index contributed by atoms with van der Waals surface area (Å²) in [5, 5.41) is 7.91. The molecule has 1 aliphatic rings. The van der Waals surface area contributed by atoms with Crippen molar-refractivity contribution in [3.8, 4) is 0 Å². The van der Waals surface area contributed by atoms with E-state index in [0.717, 1.165) is 18.9 Å². The van der Waals surface area contributed by atoms with Crippen molar-refractivity contribution < 1.29 is 4.79 Å². The predicted molar refractivity (Wildman–Crippen MR) is 88.9 cm³/mol. The van der Waals surface area contributed by atoms with Crippen molar-refractivity contribution >= 4 is 5.91 Å². The molecule has 0 radical (unpaired) electrons. The van der Waals surface area contributed by atoms with Crippen LogP contribution in [0.2, 0.25) is 0 Å². The third kappa shape index (κ3) is 3.28. The number of likely N-dealkylation sites (tertiary alicyclic amines) is 1. The number of carbonyl (C=O) groups is 1. The van der Waals surface area contributed by atoms with Crippen LogP contribution in [-0.4, -0.2) is 38.7 Å². The van der Waals surface area contributed by atoms with Gasteiger partial charge in [0.2, 0.25) is 5.91 Å². The number of hydrogen-bond donors (Lipinski definition) is 0. The van der Waals surface area contributed by atoms with Gasteiger partial charge in [0, 0.05) is 38.9 Å². The first-order valence-electron chi connectivity index (χ1n) is 8.13.